The quantitative estimate of drug-likeness (QED) is 0.322. The first-order valence-corrected chi connectivity index (χ1v) is 10.6. The molecule has 0 radical (unpaired) electrons. The van der Waals surface area contributed by atoms with Crippen molar-refractivity contribution in [1.82, 2.24) is 15.0 Å². The molecule has 0 aliphatic heterocycles. The lowest BCUT2D eigenvalue weighted by atomic mass is 10.0. The van der Waals surface area contributed by atoms with Crippen LogP contribution in [0.2, 0.25) is 0 Å². The van der Waals surface area contributed by atoms with Crippen molar-refractivity contribution in [2.45, 2.75) is 6.92 Å². The summed E-state index contributed by atoms with van der Waals surface area (Å²) in [5, 5.41) is 3.59. The average molecular weight is 433 g/mol. The number of fused-ring (bicyclic) bond motifs is 5. The van der Waals surface area contributed by atoms with E-state index in [9.17, 15) is 9.59 Å². The van der Waals surface area contributed by atoms with Crippen molar-refractivity contribution in [1.29, 1.82) is 0 Å². The van der Waals surface area contributed by atoms with Gasteiger partial charge in [0.15, 0.2) is 0 Å². The van der Waals surface area contributed by atoms with Gasteiger partial charge in [0.05, 0.1) is 10.9 Å². The Balaban J connectivity index is 1.58. The molecule has 0 spiro atoms. The number of allylic oxidation sites excluding steroid dienone is 1. The third-order valence-corrected chi connectivity index (χ3v) is 6.07. The van der Waals surface area contributed by atoms with Crippen molar-refractivity contribution in [2.75, 3.05) is 0 Å². The van der Waals surface area contributed by atoms with Crippen molar-refractivity contribution in [3.8, 4) is 11.1 Å². The van der Waals surface area contributed by atoms with Gasteiger partial charge in [-0.1, -0.05) is 30.9 Å². The molecule has 3 aromatic heterocycles. The molecule has 0 saturated carbocycles. The minimum atomic E-state index is -0.512. The van der Waals surface area contributed by atoms with Crippen LogP contribution in [-0.4, -0.2) is 15.0 Å². The highest BCUT2D eigenvalue weighted by Gasteiger charge is 2.14. The van der Waals surface area contributed by atoms with E-state index in [4.69, 9.17) is 4.42 Å². The molecule has 6 heteroatoms. The molecule has 33 heavy (non-hydrogen) atoms. The van der Waals surface area contributed by atoms with E-state index in [1.54, 1.807) is 18.2 Å². The van der Waals surface area contributed by atoms with Gasteiger partial charge in [-0.3, -0.25) is 9.78 Å². The highest BCUT2D eigenvalue weighted by molar-refractivity contribution is 6.13. The van der Waals surface area contributed by atoms with E-state index in [0.717, 1.165) is 55.2 Å². The molecule has 0 fully saturated rings. The van der Waals surface area contributed by atoms with Crippen molar-refractivity contribution >= 4 is 55.8 Å². The van der Waals surface area contributed by atoms with Gasteiger partial charge in [0.1, 0.15) is 11.3 Å². The minimum Gasteiger partial charge on any atom is -0.456 e. The lowest BCUT2D eigenvalue weighted by molar-refractivity contribution is 0.604. The Bertz CT molecular complexity index is 1890. The highest BCUT2D eigenvalue weighted by Crippen LogP contribution is 2.36. The molecular formula is C27H19N3O3. The Morgan fingerprint density at radius 3 is 2.21 bits per heavy atom. The zero-order chi connectivity index (χ0) is 22.7. The van der Waals surface area contributed by atoms with Gasteiger partial charge < -0.3 is 14.4 Å². The molecule has 0 atom stereocenters. The number of nitrogens with one attached hydrogen (secondary N) is 3. The second kappa shape index (κ2) is 6.97. The van der Waals surface area contributed by atoms with Crippen molar-refractivity contribution in [3.63, 3.8) is 0 Å². The third kappa shape index (κ3) is 2.88. The van der Waals surface area contributed by atoms with Crippen LogP contribution in [0.4, 0.5) is 0 Å². The first kappa shape index (κ1) is 19.1. The summed E-state index contributed by atoms with van der Waals surface area (Å²) >= 11 is 0. The second-order valence-corrected chi connectivity index (χ2v) is 8.03. The molecule has 3 N–H and O–H groups in total. The molecule has 0 saturated heterocycles. The molecule has 0 bridgehead atoms. The van der Waals surface area contributed by atoms with E-state index in [2.05, 4.69) is 39.7 Å². The van der Waals surface area contributed by atoms with E-state index in [0.29, 0.717) is 10.9 Å². The van der Waals surface area contributed by atoms with Crippen molar-refractivity contribution in [2.24, 2.45) is 0 Å². The molecule has 6 aromatic rings. The van der Waals surface area contributed by atoms with Crippen LogP contribution in [0.15, 0.2) is 75.2 Å². The van der Waals surface area contributed by atoms with Crippen LogP contribution in [0.25, 0.3) is 67.0 Å². The summed E-state index contributed by atoms with van der Waals surface area (Å²) in [6.45, 7) is 5.85. The van der Waals surface area contributed by atoms with Crippen LogP contribution in [0.3, 0.4) is 0 Å². The third-order valence-electron chi connectivity index (χ3n) is 6.07. The lowest BCUT2D eigenvalue weighted by Gasteiger charge is -2.04. The molecule has 0 aliphatic carbocycles. The fourth-order valence-corrected chi connectivity index (χ4v) is 4.54. The number of furan rings is 1. The fraction of sp³-hybridized carbons (Fsp3) is 0.0370. The number of hydrogen-bond acceptors (Lipinski definition) is 3. The van der Waals surface area contributed by atoms with Gasteiger partial charge in [0.25, 0.3) is 5.56 Å². The number of aromatic amines is 3. The lowest BCUT2D eigenvalue weighted by Crippen LogP contribution is -2.21. The van der Waals surface area contributed by atoms with Crippen LogP contribution in [0.1, 0.15) is 18.2 Å². The molecule has 0 aliphatic rings. The summed E-state index contributed by atoms with van der Waals surface area (Å²) in [7, 11) is 0. The van der Waals surface area contributed by atoms with Crippen LogP contribution in [0.5, 0.6) is 0 Å². The number of H-pyrrole nitrogens is 3. The van der Waals surface area contributed by atoms with Crippen LogP contribution in [-0.2, 0) is 0 Å². The molecule has 6 nitrogen and oxygen atoms in total. The zero-order valence-corrected chi connectivity index (χ0v) is 17.8. The topological polar surface area (TPSA) is 94.7 Å². The predicted molar refractivity (Wildman–Crippen MR) is 135 cm³/mol. The van der Waals surface area contributed by atoms with Crippen molar-refractivity contribution in [3.05, 3.63) is 93.3 Å². The molecule has 0 unspecified atom stereocenters. The van der Waals surface area contributed by atoms with Crippen LogP contribution in [0, 0.1) is 0 Å². The van der Waals surface area contributed by atoms with E-state index in [-0.39, 0.29) is 0 Å². The van der Waals surface area contributed by atoms with Gasteiger partial charge in [-0.25, -0.2) is 4.79 Å². The Labute approximate surface area is 186 Å². The number of benzene rings is 3. The van der Waals surface area contributed by atoms with E-state index in [1.807, 2.05) is 37.3 Å². The largest absolute Gasteiger partial charge is 0.456 e. The smallest absolute Gasteiger partial charge is 0.326 e. The normalized spacial score (nSPS) is 12.0. The molecular weight excluding hydrogens is 414 g/mol. The molecule has 6 rings (SSSR count). The van der Waals surface area contributed by atoms with Gasteiger partial charge in [-0.15, -0.1) is 0 Å². The minimum absolute atomic E-state index is 0.404. The number of rotatable bonds is 3. The summed E-state index contributed by atoms with van der Waals surface area (Å²) in [6.07, 6.45) is 5.75. The molecule has 0 amide bonds. The Morgan fingerprint density at radius 1 is 0.788 bits per heavy atom. The Kier molecular flexibility index (Phi) is 4.04. The van der Waals surface area contributed by atoms with Gasteiger partial charge >= 0.3 is 5.69 Å². The maximum atomic E-state index is 12.3. The van der Waals surface area contributed by atoms with Crippen molar-refractivity contribution < 1.29 is 4.42 Å². The van der Waals surface area contributed by atoms with Crippen LogP contribution < -0.4 is 11.2 Å². The Hall–Kier alpha value is -4.58. The maximum absolute atomic E-state index is 12.3. The first-order valence-electron chi connectivity index (χ1n) is 10.6. The number of aromatic nitrogens is 3. The monoisotopic (exact) mass is 433 g/mol. The summed E-state index contributed by atoms with van der Waals surface area (Å²) in [5.41, 5.74) is 5.31. The fourth-order valence-electron chi connectivity index (χ4n) is 4.54. The Morgan fingerprint density at radius 2 is 1.48 bits per heavy atom. The zero-order valence-electron chi connectivity index (χ0n) is 17.8. The van der Waals surface area contributed by atoms with E-state index in [1.165, 1.54) is 0 Å². The number of hydrogen-bond donors (Lipinski definition) is 3. The summed E-state index contributed by atoms with van der Waals surface area (Å²) in [6, 6.07) is 15.8. The first-order chi connectivity index (χ1) is 16.1. The predicted octanol–water partition coefficient (Wildman–Crippen LogP) is 5.94. The SMILES string of the molecule is C=Cc1oc2cc3c(cc2c1/C=C\C)[nH]c1ccc(-c2ccc4[nH]c(=O)[nH]c(=O)c4c2)cc13. The average Bonchev–Trinajstić information content (AvgIpc) is 3.34. The summed E-state index contributed by atoms with van der Waals surface area (Å²) < 4.78 is 6.06. The summed E-state index contributed by atoms with van der Waals surface area (Å²) in [4.78, 5) is 32.2. The molecule has 3 heterocycles. The van der Waals surface area contributed by atoms with Gasteiger partial charge in [-0.2, -0.15) is 0 Å². The van der Waals surface area contributed by atoms with Gasteiger partial charge in [0.2, 0.25) is 0 Å². The highest BCUT2D eigenvalue weighted by atomic mass is 16.3. The van der Waals surface area contributed by atoms with Crippen LogP contribution >= 0.6 is 0 Å². The van der Waals surface area contributed by atoms with Gasteiger partial charge in [0, 0.05) is 32.8 Å². The molecule has 3 aromatic carbocycles. The van der Waals surface area contributed by atoms with Gasteiger partial charge in [-0.05, 0) is 60.5 Å². The second-order valence-electron chi connectivity index (χ2n) is 8.03. The summed E-state index contributed by atoms with van der Waals surface area (Å²) in [5.74, 6) is 0.750. The maximum Gasteiger partial charge on any atom is 0.326 e. The molecule has 160 valence electrons. The van der Waals surface area contributed by atoms with E-state index >= 15 is 0 Å². The van der Waals surface area contributed by atoms with E-state index < -0.39 is 11.2 Å². The standard InChI is InChI=1S/C27H19N3O3/c1-3-5-16-19-12-23-18(13-25(19)33-24(16)4-2)17-10-14(6-8-21(17)28-23)15-7-9-22-20(11-15)26(31)30-27(32)29-22/h3-13,28H,2H2,1H3,(H2,29,30,31,32)/b5-3-.